The lowest BCUT2D eigenvalue weighted by molar-refractivity contribution is 0.246. The molecule has 2 aromatic heterocycles. The molecule has 0 saturated carbocycles. The summed E-state index contributed by atoms with van der Waals surface area (Å²) in [6.45, 7) is 4.18. The van der Waals surface area contributed by atoms with Crippen molar-refractivity contribution in [3.8, 4) is 17.7 Å². The standard InChI is InChI=1S/C19H17ClN4O2/c20-15-5-3-14(4-6-15)13-23-7-9-24(10-8-23)19-16(12-21)22-18(26-19)17-2-1-11-25-17/h1-6,11H,7-10,13H2. The van der Waals surface area contributed by atoms with E-state index in [0.717, 1.165) is 37.7 Å². The van der Waals surface area contributed by atoms with E-state index in [1.54, 1.807) is 18.4 Å². The van der Waals surface area contributed by atoms with Gasteiger partial charge in [-0.1, -0.05) is 23.7 Å². The maximum absolute atomic E-state index is 9.38. The zero-order valence-corrected chi connectivity index (χ0v) is 14.8. The average Bonchev–Trinajstić information content (AvgIpc) is 3.33. The molecule has 0 N–H and O–H groups in total. The number of hydrogen-bond acceptors (Lipinski definition) is 6. The maximum Gasteiger partial charge on any atom is 0.266 e. The van der Waals surface area contributed by atoms with E-state index in [1.165, 1.54) is 5.56 Å². The molecule has 0 amide bonds. The lowest BCUT2D eigenvalue weighted by Gasteiger charge is -2.34. The summed E-state index contributed by atoms with van der Waals surface area (Å²) in [6, 6.07) is 13.6. The van der Waals surface area contributed by atoms with Crippen molar-refractivity contribution in [3.05, 3.63) is 58.9 Å². The van der Waals surface area contributed by atoms with Gasteiger partial charge in [0.15, 0.2) is 5.76 Å². The third-order valence-electron chi connectivity index (χ3n) is 4.43. The van der Waals surface area contributed by atoms with Crippen molar-refractivity contribution in [2.75, 3.05) is 31.1 Å². The number of halogens is 1. The van der Waals surface area contributed by atoms with Crippen molar-refractivity contribution in [2.45, 2.75) is 6.54 Å². The largest absolute Gasteiger partial charge is 0.459 e. The van der Waals surface area contributed by atoms with Gasteiger partial charge in [-0.05, 0) is 29.8 Å². The summed E-state index contributed by atoms with van der Waals surface area (Å²) >= 11 is 5.94. The Balaban J connectivity index is 1.43. The minimum absolute atomic E-state index is 0.294. The van der Waals surface area contributed by atoms with Gasteiger partial charge in [-0.3, -0.25) is 4.90 Å². The topological polar surface area (TPSA) is 69.4 Å². The first-order valence-corrected chi connectivity index (χ1v) is 8.77. The van der Waals surface area contributed by atoms with Crippen LogP contribution in [0.15, 0.2) is 51.5 Å². The second-order valence-electron chi connectivity index (χ2n) is 6.15. The number of rotatable bonds is 4. The van der Waals surface area contributed by atoms with E-state index in [-0.39, 0.29) is 0 Å². The van der Waals surface area contributed by atoms with Gasteiger partial charge in [0, 0.05) is 37.7 Å². The molecule has 0 bridgehead atoms. The number of nitrogens with zero attached hydrogens (tertiary/aromatic N) is 4. The first-order chi connectivity index (χ1) is 12.7. The van der Waals surface area contributed by atoms with Crippen molar-refractivity contribution in [2.24, 2.45) is 0 Å². The van der Waals surface area contributed by atoms with Gasteiger partial charge in [0.2, 0.25) is 11.6 Å². The molecule has 3 heterocycles. The second-order valence-corrected chi connectivity index (χ2v) is 6.59. The second kappa shape index (κ2) is 7.24. The van der Waals surface area contributed by atoms with Crippen LogP contribution in [0.2, 0.25) is 5.02 Å². The number of piperazine rings is 1. The molecule has 3 aromatic rings. The third kappa shape index (κ3) is 3.45. The van der Waals surface area contributed by atoms with Gasteiger partial charge in [0.05, 0.1) is 6.26 Å². The van der Waals surface area contributed by atoms with Gasteiger partial charge in [0.1, 0.15) is 6.07 Å². The zero-order chi connectivity index (χ0) is 17.9. The average molecular weight is 369 g/mol. The minimum Gasteiger partial charge on any atom is -0.459 e. The smallest absolute Gasteiger partial charge is 0.266 e. The first kappa shape index (κ1) is 16.7. The fraction of sp³-hybridized carbons (Fsp3) is 0.263. The van der Waals surface area contributed by atoms with Crippen LogP contribution in [0, 0.1) is 11.3 Å². The summed E-state index contributed by atoms with van der Waals surface area (Å²) in [5, 5.41) is 10.1. The van der Waals surface area contributed by atoms with E-state index in [0.29, 0.717) is 23.2 Å². The molecule has 0 unspecified atom stereocenters. The van der Waals surface area contributed by atoms with Crippen molar-refractivity contribution < 1.29 is 8.83 Å². The molecule has 0 atom stereocenters. The molecule has 0 aliphatic carbocycles. The molecule has 26 heavy (non-hydrogen) atoms. The Bertz CT molecular complexity index is 904. The molecule has 6 nitrogen and oxygen atoms in total. The molecule has 1 aromatic carbocycles. The normalized spacial score (nSPS) is 15.2. The fourth-order valence-corrected chi connectivity index (χ4v) is 3.19. The van der Waals surface area contributed by atoms with Gasteiger partial charge in [-0.2, -0.15) is 10.2 Å². The van der Waals surface area contributed by atoms with Crippen molar-refractivity contribution in [1.82, 2.24) is 9.88 Å². The highest BCUT2D eigenvalue weighted by atomic mass is 35.5. The molecule has 0 spiro atoms. The molecule has 0 radical (unpaired) electrons. The number of nitriles is 1. The molecular weight excluding hydrogens is 352 g/mol. The van der Waals surface area contributed by atoms with E-state index in [9.17, 15) is 5.26 Å². The number of hydrogen-bond donors (Lipinski definition) is 0. The highest BCUT2D eigenvalue weighted by molar-refractivity contribution is 6.30. The molecule has 1 aliphatic heterocycles. The summed E-state index contributed by atoms with van der Waals surface area (Å²) < 4.78 is 11.1. The van der Waals surface area contributed by atoms with Crippen LogP contribution in [0.3, 0.4) is 0 Å². The Morgan fingerprint density at radius 1 is 1.12 bits per heavy atom. The van der Waals surface area contributed by atoms with Gasteiger partial charge < -0.3 is 13.7 Å². The highest BCUT2D eigenvalue weighted by Gasteiger charge is 2.25. The van der Waals surface area contributed by atoms with Crippen molar-refractivity contribution in [3.63, 3.8) is 0 Å². The van der Waals surface area contributed by atoms with Crippen LogP contribution in [-0.2, 0) is 6.54 Å². The predicted molar refractivity (Wildman–Crippen MR) is 97.9 cm³/mol. The summed E-state index contributed by atoms with van der Waals surface area (Å²) in [5.41, 5.74) is 1.53. The maximum atomic E-state index is 9.38. The highest BCUT2D eigenvalue weighted by Crippen LogP contribution is 2.29. The molecule has 7 heteroatoms. The Hall–Kier alpha value is -2.75. The molecule has 1 fully saturated rings. The van der Waals surface area contributed by atoms with Gasteiger partial charge in [-0.15, -0.1) is 0 Å². The van der Waals surface area contributed by atoms with Crippen molar-refractivity contribution >= 4 is 17.5 Å². The Kier molecular flexibility index (Phi) is 4.65. The SMILES string of the molecule is N#Cc1nc(-c2ccco2)oc1N1CCN(Cc2ccc(Cl)cc2)CC1. The summed E-state index contributed by atoms with van der Waals surface area (Å²) in [4.78, 5) is 8.69. The molecule has 1 saturated heterocycles. The van der Waals surface area contributed by atoms with E-state index in [4.69, 9.17) is 20.4 Å². The van der Waals surface area contributed by atoms with Crippen LogP contribution in [0.5, 0.6) is 0 Å². The van der Waals surface area contributed by atoms with Gasteiger partial charge in [-0.25, -0.2) is 0 Å². The minimum atomic E-state index is 0.294. The number of aromatic nitrogens is 1. The van der Waals surface area contributed by atoms with Crippen LogP contribution in [0.1, 0.15) is 11.3 Å². The van der Waals surface area contributed by atoms with Crippen LogP contribution in [-0.4, -0.2) is 36.1 Å². The molecule has 4 rings (SSSR count). The number of furan rings is 1. The fourth-order valence-electron chi connectivity index (χ4n) is 3.06. The quantitative estimate of drug-likeness (QED) is 0.698. The van der Waals surface area contributed by atoms with Crippen LogP contribution >= 0.6 is 11.6 Å². The van der Waals surface area contributed by atoms with E-state index >= 15 is 0 Å². The monoisotopic (exact) mass is 368 g/mol. The van der Waals surface area contributed by atoms with E-state index in [2.05, 4.69) is 33.0 Å². The lowest BCUT2D eigenvalue weighted by atomic mass is 10.2. The summed E-state index contributed by atoms with van der Waals surface area (Å²) in [6.07, 6.45) is 1.56. The molecule has 1 aliphatic rings. The van der Waals surface area contributed by atoms with E-state index in [1.807, 2.05) is 12.1 Å². The Morgan fingerprint density at radius 2 is 1.88 bits per heavy atom. The van der Waals surface area contributed by atoms with Gasteiger partial charge >= 0.3 is 0 Å². The Labute approximate surface area is 156 Å². The zero-order valence-electron chi connectivity index (χ0n) is 14.1. The molecule has 132 valence electrons. The van der Waals surface area contributed by atoms with Crippen molar-refractivity contribution in [1.29, 1.82) is 5.26 Å². The number of oxazole rings is 1. The first-order valence-electron chi connectivity index (χ1n) is 8.39. The lowest BCUT2D eigenvalue weighted by Crippen LogP contribution is -2.46. The third-order valence-corrected chi connectivity index (χ3v) is 4.68. The van der Waals surface area contributed by atoms with Gasteiger partial charge in [0.25, 0.3) is 5.89 Å². The summed E-state index contributed by atoms with van der Waals surface area (Å²) in [7, 11) is 0. The molecular formula is C19H17ClN4O2. The van der Waals surface area contributed by atoms with E-state index < -0.39 is 0 Å². The van der Waals surface area contributed by atoms with Crippen LogP contribution < -0.4 is 4.90 Å². The van der Waals surface area contributed by atoms with Crippen LogP contribution in [0.4, 0.5) is 5.88 Å². The Morgan fingerprint density at radius 3 is 2.54 bits per heavy atom. The predicted octanol–water partition coefficient (Wildman–Crippen LogP) is 3.78. The number of benzene rings is 1. The van der Waals surface area contributed by atoms with Crippen LogP contribution in [0.25, 0.3) is 11.7 Å². The number of anilines is 1. The summed E-state index contributed by atoms with van der Waals surface area (Å²) in [5.74, 6) is 1.38.